The first kappa shape index (κ1) is 10.8. The number of benzene rings is 1. The third-order valence-electron chi connectivity index (χ3n) is 1.67. The van der Waals surface area contributed by atoms with Crippen molar-refractivity contribution in [2.75, 3.05) is 7.11 Å². The fourth-order valence-corrected chi connectivity index (χ4v) is 1.01. The molecule has 1 rings (SSSR count). The summed E-state index contributed by atoms with van der Waals surface area (Å²) in [4.78, 5) is 13.0. The average molecular weight is 211 g/mol. The molecule has 1 aromatic rings. The predicted molar refractivity (Wildman–Crippen MR) is 48.7 cm³/mol. The lowest BCUT2D eigenvalue weighted by Crippen LogP contribution is -2.01. The lowest BCUT2D eigenvalue weighted by atomic mass is 10.1. The van der Waals surface area contributed by atoms with E-state index in [0.29, 0.717) is 0 Å². The summed E-state index contributed by atoms with van der Waals surface area (Å²) in [7, 11) is 1.26. The number of rotatable bonds is 3. The van der Waals surface area contributed by atoms with Gasteiger partial charge in [0.25, 0.3) is 0 Å². The van der Waals surface area contributed by atoms with Crippen LogP contribution in [0.1, 0.15) is 10.4 Å². The minimum atomic E-state index is -1.44. The molecule has 0 aliphatic carbocycles. The molecule has 0 spiro atoms. The molecule has 0 aliphatic heterocycles. The van der Waals surface area contributed by atoms with Crippen LogP contribution in [0.2, 0.25) is 0 Å². The third kappa shape index (κ3) is 1.97. The predicted octanol–water partition coefficient (Wildman–Crippen LogP) is 2.47. The highest BCUT2D eigenvalue weighted by molar-refractivity contribution is 5.89. The highest BCUT2D eigenvalue weighted by Crippen LogP contribution is 2.32. The highest BCUT2D eigenvalue weighted by atomic mass is 19.1. The molecule has 0 unspecified atom stereocenters. The van der Waals surface area contributed by atoms with Crippen molar-refractivity contribution in [2.24, 2.45) is 5.11 Å². The van der Waals surface area contributed by atoms with Crippen LogP contribution in [0, 0.1) is 5.82 Å². The van der Waals surface area contributed by atoms with Crippen LogP contribution in [0.4, 0.5) is 10.1 Å². The Hall–Kier alpha value is -2.27. The number of aromatic carboxylic acids is 1. The van der Waals surface area contributed by atoms with Crippen molar-refractivity contribution in [3.05, 3.63) is 34.0 Å². The third-order valence-corrected chi connectivity index (χ3v) is 1.67. The van der Waals surface area contributed by atoms with Crippen molar-refractivity contribution in [2.45, 2.75) is 0 Å². The standard InChI is InChI=1S/C8H6FN3O3/c1-15-5-3-2-4(8(13)14)6(9)7(5)11-12-10/h2-3H,1H3,(H,13,14). The van der Waals surface area contributed by atoms with Gasteiger partial charge in [0.2, 0.25) is 0 Å². The Kier molecular flexibility index (Phi) is 3.10. The summed E-state index contributed by atoms with van der Waals surface area (Å²) in [6, 6.07) is 2.25. The largest absolute Gasteiger partial charge is 0.496 e. The van der Waals surface area contributed by atoms with E-state index in [4.69, 9.17) is 15.4 Å². The summed E-state index contributed by atoms with van der Waals surface area (Å²) in [6.07, 6.45) is 0. The molecule has 1 aromatic carbocycles. The Balaban J connectivity index is 3.48. The number of ether oxygens (including phenoxy) is 1. The SMILES string of the molecule is COc1ccc(C(=O)O)c(F)c1N=[N+]=[N-]. The second kappa shape index (κ2) is 4.30. The van der Waals surface area contributed by atoms with Crippen molar-refractivity contribution in [1.29, 1.82) is 0 Å². The maximum absolute atomic E-state index is 13.4. The molecule has 0 amide bonds. The van der Waals surface area contributed by atoms with E-state index >= 15 is 0 Å². The van der Waals surface area contributed by atoms with Crippen LogP contribution in [-0.4, -0.2) is 18.2 Å². The molecular weight excluding hydrogens is 205 g/mol. The van der Waals surface area contributed by atoms with Gasteiger partial charge < -0.3 is 9.84 Å². The lowest BCUT2D eigenvalue weighted by Gasteiger charge is -2.06. The number of hydrogen-bond acceptors (Lipinski definition) is 3. The molecular formula is C8H6FN3O3. The van der Waals surface area contributed by atoms with E-state index in [0.717, 1.165) is 6.07 Å². The quantitative estimate of drug-likeness (QED) is 0.472. The molecule has 78 valence electrons. The van der Waals surface area contributed by atoms with E-state index in [1.54, 1.807) is 0 Å². The van der Waals surface area contributed by atoms with Crippen LogP contribution in [0.15, 0.2) is 17.2 Å². The molecule has 0 aliphatic rings. The Bertz CT molecular complexity index is 455. The number of halogens is 1. The summed E-state index contributed by atoms with van der Waals surface area (Å²) in [6.45, 7) is 0. The zero-order chi connectivity index (χ0) is 11.4. The van der Waals surface area contributed by atoms with Gasteiger partial charge in [-0.05, 0) is 17.7 Å². The van der Waals surface area contributed by atoms with Crippen molar-refractivity contribution >= 4 is 11.7 Å². The van der Waals surface area contributed by atoms with Gasteiger partial charge >= 0.3 is 5.97 Å². The van der Waals surface area contributed by atoms with Gasteiger partial charge in [0.1, 0.15) is 11.4 Å². The van der Waals surface area contributed by atoms with Crippen molar-refractivity contribution < 1.29 is 19.0 Å². The Labute approximate surface area is 83.5 Å². The Morgan fingerprint density at radius 1 is 1.67 bits per heavy atom. The molecule has 0 fully saturated rings. The van der Waals surface area contributed by atoms with Crippen LogP contribution < -0.4 is 4.74 Å². The number of carboxylic acids is 1. The first-order chi connectivity index (χ1) is 7.11. The smallest absolute Gasteiger partial charge is 0.338 e. The molecule has 0 heterocycles. The van der Waals surface area contributed by atoms with E-state index in [1.165, 1.54) is 13.2 Å². The van der Waals surface area contributed by atoms with Crippen LogP contribution >= 0.6 is 0 Å². The molecule has 0 atom stereocenters. The maximum Gasteiger partial charge on any atom is 0.338 e. The summed E-state index contributed by atoms with van der Waals surface area (Å²) >= 11 is 0. The number of azide groups is 1. The minimum Gasteiger partial charge on any atom is -0.496 e. The number of nitrogens with zero attached hydrogens (tertiary/aromatic N) is 3. The number of methoxy groups -OCH3 is 1. The molecule has 0 radical (unpaired) electrons. The van der Waals surface area contributed by atoms with Gasteiger partial charge in [0.05, 0.1) is 12.7 Å². The molecule has 7 heteroatoms. The first-order valence-electron chi connectivity index (χ1n) is 3.76. The fourth-order valence-electron chi connectivity index (χ4n) is 1.01. The van der Waals surface area contributed by atoms with Crippen LogP contribution in [-0.2, 0) is 0 Å². The zero-order valence-electron chi connectivity index (χ0n) is 7.64. The van der Waals surface area contributed by atoms with E-state index < -0.39 is 23.0 Å². The summed E-state index contributed by atoms with van der Waals surface area (Å²) in [5, 5.41) is 11.6. The van der Waals surface area contributed by atoms with E-state index in [1.807, 2.05) is 0 Å². The Morgan fingerprint density at radius 3 is 2.80 bits per heavy atom. The second-order valence-corrected chi connectivity index (χ2v) is 2.47. The van der Waals surface area contributed by atoms with Gasteiger partial charge in [-0.15, -0.1) is 0 Å². The number of carbonyl (C=O) groups is 1. The van der Waals surface area contributed by atoms with Gasteiger partial charge in [-0.3, -0.25) is 0 Å². The Morgan fingerprint density at radius 2 is 2.33 bits per heavy atom. The number of hydrogen-bond donors (Lipinski definition) is 1. The number of carboxylic acid groups (broad SMARTS) is 1. The summed E-state index contributed by atoms with van der Waals surface area (Å²) in [5.74, 6) is -2.57. The molecule has 0 saturated heterocycles. The van der Waals surface area contributed by atoms with E-state index in [9.17, 15) is 9.18 Å². The first-order valence-corrected chi connectivity index (χ1v) is 3.76. The molecule has 0 bridgehead atoms. The molecule has 1 N–H and O–H groups in total. The fraction of sp³-hybridized carbons (Fsp3) is 0.125. The van der Waals surface area contributed by atoms with Gasteiger partial charge in [-0.25, -0.2) is 9.18 Å². The zero-order valence-corrected chi connectivity index (χ0v) is 7.64. The second-order valence-electron chi connectivity index (χ2n) is 2.47. The van der Waals surface area contributed by atoms with Crippen molar-refractivity contribution in [3.63, 3.8) is 0 Å². The molecule has 0 aromatic heterocycles. The lowest BCUT2D eigenvalue weighted by molar-refractivity contribution is 0.0692. The molecule has 0 saturated carbocycles. The van der Waals surface area contributed by atoms with Crippen molar-refractivity contribution in [3.8, 4) is 5.75 Å². The van der Waals surface area contributed by atoms with Crippen LogP contribution in [0.5, 0.6) is 5.75 Å². The van der Waals surface area contributed by atoms with Gasteiger partial charge in [-0.1, -0.05) is 5.11 Å². The highest BCUT2D eigenvalue weighted by Gasteiger charge is 2.17. The van der Waals surface area contributed by atoms with E-state index in [2.05, 4.69) is 10.0 Å². The normalized spacial score (nSPS) is 9.20. The summed E-state index contributed by atoms with van der Waals surface area (Å²) in [5.41, 5.74) is 7.15. The monoisotopic (exact) mass is 211 g/mol. The average Bonchev–Trinajstić information content (AvgIpc) is 2.20. The molecule has 15 heavy (non-hydrogen) atoms. The molecule has 6 nitrogen and oxygen atoms in total. The van der Waals surface area contributed by atoms with Gasteiger partial charge in [-0.2, -0.15) is 0 Å². The summed E-state index contributed by atoms with van der Waals surface area (Å²) < 4.78 is 18.1. The van der Waals surface area contributed by atoms with E-state index in [-0.39, 0.29) is 5.75 Å². The van der Waals surface area contributed by atoms with Gasteiger partial charge in [0, 0.05) is 4.91 Å². The van der Waals surface area contributed by atoms with Crippen LogP contribution in [0.3, 0.4) is 0 Å². The van der Waals surface area contributed by atoms with Crippen LogP contribution in [0.25, 0.3) is 10.4 Å². The topological polar surface area (TPSA) is 95.3 Å². The van der Waals surface area contributed by atoms with Crippen molar-refractivity contribution in [1.82, 2.24) is 0 Å². The maximum atomic E-state index is 13.4. The minimum absolute atomic E-state index is 0.0182. The van der Waals surface area contributed by atoms with Gasteiger partial charge in [0.15, 0.2) is 5.82 Å².